The van der Waals surface area contributed by atoms with Gasteiger partial charge in [0.05, 0.1) is 10.3 Å². The molecule has 1 atom stereocenters. The van der Waals surface area contributed by atoms with E-state index < -0.39 is 15.4 Å². The van der Waals surface area contributed by atoms with Crippen LogP contribution in [0.15, 0.2) is 29.2 Å². The van der Waals surface area contributed by atoms with Crippen molar-refractivity contribution in [2.24, 2.45) is 5.41 Å². The third kappa shape index (κ3) is 3.28. The average Bonchev–Trinajstić information content (AvgIpc) is 2.98. The number of hydrogen-bond donors (Lipinski definition) is 1. The highest BCUT2D eigenvalue weighted by Crippen LogP contribution is 2.41. The molecule has 0 aliphatic carbocycles. The molecule has 0 radical (unpaired) electrons. The number of amides is 2. The van der Waals surface area contributed by atoms with Crippen LogP contribution in [0.1, 0.15) is 26.2 Å². The van der Waals surface area contributed by atoms with Crippen LogP contribution >= 0.6 is 0 Å². The number of likely N-dealkylation sites (tertiary alicyclic amines) is 1. The van der Waals surface area contributed by atoms with E-state index in [2.05, 4.69) is 5.32 Å². The minimum atomic E-state index is -3.70. The number of anilines is 1. The molecule has 136 valence electrons. The molecular formula is C17H23N3O4S. The Morgan fingerprint density at radius 1 is 1.24 bits per heavy atom. The van der Waals surface area contributed by atoms with Crippen LogP contribution < -0.4 is 5.32 Å². The van der Waals surface area contributed by atoms with Crippen molar-refractivity contribution in [1.29, 1.82) is 0 Å². The Morgan fingerprint density at radius 2 is 2.00 bits per heavy atom. The first-order chi connectivity index (χ1) is 11.7. The number of benzene rings is 1. The zero-order valence-electron chi connectivity index (χ0n) is 14.5. The van der Waals surface area contributed by atoms with E-state index in [0.29, 0.717) is 18.7 Å². The lowest BCUT2D eigenvalue weighted by Crippen LogP contribution is -2.48. The summed E-state index contributed by atoms with van der Waals surface area (Å²) < 4.78 is 27.3. The summed E-state index contributed by atoms with van der Waals surface area (Å²) in [6.45, 7) is 2.66. The van der Waals surface area contributed by atoms with E-state index in [1.54, 1.807) is 24.1 Å². The maximum absolute atomic E-state index is 13.0. The molecule has 1 aromatic carbocycles. The van der Waals surface area contributed by atoms with Crippen LogP contribution in [-0.4, -0.2) is 56.1 Å². The maximum Gasteiger partial charge on any atom is 0.243 e. The monoisotopic (exact) mass is 365 g/mol. The van der Waals surface area contributed by atoms with Gasteiger partial charge in [-0.05, 0) is 37.5 Å². The molecule has 1 unspecified atom stereocenters. The molecule has 0 bridgehead atoms. The topological polar surface area (TPSA) is 86.8 Å². The quantitative estimate of drug-likeness (QED) is 0.874. The van der Waals surface area contributed by atoms with E-state index in [4.69, 9.17) is 0 Å². The predicted octanol–water partition coefficient (Wildman–Crippen LogP) is 1.28. The molecule has 2 heterocycles. The molecule has 2 aliphatic heterocycles. The van der Waals surface area contributed by atoms with E-state index in [9.17, 15) is 18.0 Å². The minimum Gasteiger partial charge on any atom is -0.345 e. The van der Waals surface area contributed by atoms with Gasteiger partial charge in [-0.25, -0.2) is 8.42 Å². The van der Waals surface area contributed by atoms with Crippen molar-refractivity contribution in [2.75, 3.05) is 32.0 Å². The number of nitrogens with one attached hydrogen (secondary N) is 1. The van der Waals surface area contributed by atoms with E-state index in [-0.39, 0.29) is 23.3 Å². The fourth-order valence-electron chi connectivity index (χ4n) is 3.77. The summed E-state index contributed by atoms with van der Waals surface area (Å²) in [7, 11) is -1.93. The normalized spacial score (nSPS) is 24.7. The second-order valence-corrected chi connectivity index (χ2v) is 8.85. The van der Waals surface area contributed by atoms with E-state index in [0.717, 1.165) is 19.4 Å². The lowest BCUT2D eigenvalue weighted by molar-refractivity contribution is -0.143. The number of piperidine rings is 1. The van der Waals surface area contributed by atoms with Gasteiger partial charge >= 0.3 is 0 Å². The van der Waals surface area contributed by atoms with Crippen molar-refractivity contribution in [2.45, 2.75) is 31.1 Å². The largest absolute Gasteiger partial charge is 0.345 e. The van der Waals surface area contributed by atoms with Crippen molar-refractivity contribution < 1.29 is 18.0 Å². The molecule has 2 amide bonds. The zero-order valence-corrected chi connectivity index (χ0v) is 15.3. The van der Waals surface area contributed by atoms with Crippen LogP contribution in [0, 0.1) is 5.41 Å². The Kier molecular flexibility index (Phi) is 4.59. The van der Waals surface area contributed by atoms with Crippen LogP contribution in [0.2, 0.25) is 0 Å². The van der Waals surface area contributed by atoms with Crippen LogP contribution in [0.25, 0.3) is 0 Å². The van der Waals surface area contributed by atoms with Gasteiger partial charge in [0.15, 0.2) is 0 Å². The van der Waals surface area contributed by atoms with Crippen LogP contribution in [0.5, 0.6) is 0 Å². The van der Waals surface area contributed by atoms with Crippen molar-refractivity contribution in [3.05, 3.63) is 24.3 Å². The number of sulfonamides is 1. The zero-order chi connectivity index (χ0) is 18.2. The molecule has 0 aromatic heterocycles. The molecule has 2 saturated heterocycles. The van der Waals surface area contributed by atoms with Gasteiger partial charge in [-0.2, -0.15) is 4.31 Å². The number of hydrogen-bond acceptors (Lipinski definition) is 4. The molecule has 1 aromatic rings. The number of carbonyl (C=O) groups excluding carboxylic acids is 2. The first kappa shape index (κ1) is 17.9. The summed E-state index contributed by atoms with van der Waals surface area (Å²) in [4.78, 5) is 25.6. The molecule has 25 heavy (non-hydrogen) atoms. The van der Waals surface area contributed by atoms with Gasteiger partial charge in [0, 0.05) is 39.3 Å². The third-order valence-corrected chi connectivity index (χ3v) is 6.90. The van der Waals surface area contributed by atoms with Crippen LogP contribution in [-0.2, 0) is 19.6 Å². The molecule has 1 N–H and O–H groups in total. The summed E-state index contributed by atoms with van der Waals surface area (Å²) in [6.07, 6.45) is 2.18. The van der Waals surface area contributed by atoms with Gasteiger partial charge in [-0.3, -0.25) is 9.59 Å². The highest BCUT2D eigenvalue weighted by Gasteiger charge is 2.50. The second-order valence-electron chi connectivity index (χ2n) is 6.91. The van der Waals surface area contributed by atoms with Crippen LogP contribution in [0.3, 0.4) is 0 Å². The number of nitrogens with zero attached hydrogens (tertiary/aromatic N) is 2. The average molecular weight is 365 g/mol. The molecule has 0 saturated carbocycles. The molecule has 2 aliphatic rings. The number of rotatable bonds is 3. The SMILES string of the molecule is CC(=O)Nc1cccc(S(=O)(=O)N2CCC3(CCCN(C)C3=O)C2)c1. The smallest absolute Gasteiger partial charge is 0.243 e. The lowest BCUT2D eigenvalue weighted by atomic mass is 9.78. The Morgan fingerprint density at radius 3 is 2.72 bits per heavy atom. The van der Waals surface area contributed by atoms with Gasteiger partial charge in [-0.1, -0.05) is 6.07 Å². The summed E-state index contributed by atoms with van der Waals surface area (Å²) in [5.41, 5.74) is -0.147. The highest BCUT2D eigenvalue weighted by molar-refractivity contribution is 7.89. The molecule has 1 spiro atoms. The van der Waals surface area contributed by atoms with Gasteiger partial charge in [0.2, 0.25) is 21.8 Å². The first-order valence-corrected chi connectivity index (χ1v) is 9.82. The molecule has 3 rings (SSSR count). The van der Waals surface area contributed by atoms with Gasteiger partial charge < -0.3 is 10.2 Å². The van der Waals surface area contributed by atoms with Gasteiger partial charge in [-0.15, -0.1) is 0 Å². The van der Waals surface area contributed by atoms with Crippen molar-refractivity contribution in [1.82, 2.24) is 9.21 Å². The van der Waals surface area contributed by atoms with Gasteiger partial charge in [0.1, 0.15) is 0 Å². The third-order valence-electron chi connectivity index (χ3n) is 5.06. The molecule has 2 fully saturated rings. The fourth-order valence-corrected chi connectivity index (χ4v) is 5.35. The molecule has 8 heteroatoms. The van der Waals surface area contributed by atoms with E-state index in [1.165, 1.54) is 23.4 Å². The summed E-state index contributed by atoms with van der Waals surface area (Å²) in [5.74, 6) is -0.214. The standard InChI is InChI=1S/C17H23N3O4S/c1-13(21)18-14-5-3-6-15(11-14)25(23,24)20-10-8-17(12-20)7-4-9-19(2)16(17)22/h3,5-6,11H,4,7-10,12H2,1-2H3,(H,18,21). The Labute approximate surface area is 148 Å². The summed E-state index contributed by atoms with van der Waals surface area (Å²) >= 11 is 0. The van der Waals surface area contributed by atoms with Crippen molar-refractivity contribution in [3.8, 4) is 0 Å². The summed E-state index contributed by atoms with van der Waals surface area (Å²) in [6, 6.07) is 6.21. The minimum absolute atomic E-state index is 0.0449. The Balaban J connectivity index is 1.84. The highest BCUT2D eigenvalue weighted by atomic mass is 32.2. The van der Waals surface area contributed by atoms with Crippen molar-refractivity contribution in [3.63, 3.8) is 0 Å². The maximum atomic E-state index is 13.0. The van der Waals surface area contributed by atoms with E-state index >= 15 is 0 Å². The first-order valence-electron chi connectivity index (χ1n) is 8.38. The van der Waals surface area contributed by atoms with Crippen molar-refractivity contribution >= 4 is 27.5 Å². The fraction of sp³-hybridized carbons (Fsp3) is 0.529. The van der Waals surface area contributed by atoms with E-state index in [1.807, 2.05) is 0 Å². The lowest BCUT2D eigenvalue weighted by Gasteiger charge is -2.37. The number of carbonyl (C=O) groups is 2. The Hall–Kier alpha value is -1.93. The Bertz CT molecular complexity index is 808. The molecular weight excluding hydrogens is 342 g/mol. The summed E-state index contributed by atoms with van der Waals surface area (Å²) in [5, 5.41) is 2.59. The van der Waals surface area contributed by atoms with Crippen LogP contribution in [0.4, 0.5) is 5.69 Å². The van der Waals surface area contributed by atoms with Gasteiger partial charge in [0.25, 0.3) is 0 Å². The molecule has 7 nitrogen and oxygen atoms in total. The second kappa shape index (κ2) is 6.42. The predicted molar refractivity (Wildman–Crippen MR) is 93.4 cm³/mol.